The zero-order chi connectivity index (χ0) is 19.9. The molecule has 0 bridgehead atoms. The van der Waals surface area contributed by atoms with Crippen LogP contribution in [0.4, 0.5) is 5.69 Å². The summed E-state index contributed by atoms with van der Waals surface area (Å²) in [5, 5.41) is 0. The molecule has 0 radical (unpaired) electrons. The van der Waals surface area contributed by atoms with Crippen molar-refractivity contribution >= 4 is 21.6 Å². The fourth-order valence-corrected chi connectivity index (χ4v) is 5.58. The van der Waals surface area contributed by atoms with E-state index in [4.69, 9.17) is 0 Å². The number of amides is 1. The molecule has 28 heavy (non-hydrogen) atoms. The maximum atomic E-state index is 13.0. The molecule has 0 saturated heterocycles. The lowest BCUT2D eigenvalue weighted by Gasteiger charge is -2.29. The standard InChI is InChI=1S/C22H26N2O3S/c1-15(18-9-8-17-5-3-6-19(17)13-18)23-28(26,27)21-10-11-22-20(14-21)7-4-12-24(22)16(2)25/h8-11,13-15,23H,3-7,12H2,1-2H3/t15-/m1/s1. The lowest BCUT2D eigenvalue weighted by atomic mass is 10.0. The molecule has 2 aliphatic rings. The molecule has 1 aliphatic carbocycles. The van der Waals surface area contributed by atoms with Gasteiger partial charge in [0.25, 0.3) is 0 Å². The molecule has 6 heteroatoms. The lowest BCUT2D eigenvalue weighted by molar-refractivity contribution is -0.116. The highest BCUT2D eigenvalue weighted by Crippen LogP contribution is 2.30. The molecule has 0 fully saturated rings. The van der Waals surface area contributed by atoms with E-state index in [2.05, 4.69) is 16.9 Å². The van der Waals surface area contributed by atoms with Crippen LogP contribution in [0, 0.1) is 0 Å². The highest BCUT2D eigenvalue weighted by atomic mass is 32.2. The normalized spacial score (nSPS) is 17.1. The SMILES string of the molecule is CC(=O)N1CCCc2cc(S(=O)(=O)N[C@H](C)c3ccc4c(c3)CCC4)ccc21. The van der Waals surface area contributed by atoms with Crippen molar-refractivity contribution in [2.45, 2.75) is 56.9 Å². The van der Waals surface area contributed by atoms with E-state index in [1.807, 2.05) is 13.0 Å². The van der Waals surface area contributed by atoms with Gasteiger partial charge in [0.2, 0.25) is 15.9 Å². The van der Waals surface area contributed by atoms with Crippen LogP contribution in [0.25, 0.3) is 0 Å². The largest absolute Gasteiger partial charge is 0.312 e. The van der Waals surface area contributed by atoms with Gasteiger partial charge in [-0.1, -0.05) is 18.2 Å². The number of carbonyl (C=O) groups is 1. The first-order valence-electron chi connectivity index (χ1n) is 9.90. The molecule has 148 valence electrons. The summed E-state index contributed by atoms with van der Waals surface area (Å²) in [6, 6.07) is 11.0. The number of fused-ring (bicyclic) bond motifs is 2. The van der Waals surface area contributed by atoms with Gasteiger partial charge in [0.05, 0.1) is 4.90 Å². The van der Waals surface area contributed by atoms with Crippen molar-refractivity contribution in [2.75, 3.05) is 11.4 Å². The summed E-state index contributed by atoms with van der Waals surface area (Å²) in [6.07, 6.45) is 4.98. The zero-order valence-electron chi connectivity index (χ0n) is 16.4. The smallest absolute Gasteiger partial charge is 0.241 e. The summed E-state index contributed by atoms with van der Waals surface area (Å²) in [7, 11) is -3.65. The van der Waals surface area contributed by atoms with Gasteiger partial charge in [-0.2, -0.15) is 0 Å². The summed E-state index contributed by atoms with van der Waals surface area (Å²) in [5.74, 6) is -0.0140. The van der Waals surface area contributed by atoms with Crippen LogP contribution in [-0.2, 0) is 34.1 Å². The van der Waals surface area contributed by atoms with Gasteiger partial charge in [-0.05, 0) is 79.5 Å². The monoisotopic (exact) mass is 398 g/mol. The van der Waals surface area contributed by atoms with Gasteiger partial charge in [0, 0.05) is 25.2 Å². The Balaban J connectivity index is 1.57. The first kappa shape index (κ1) is 19.2. The third-order valence-electron chi connectivity index (χ3n) is 5.81. The Labute approximate surface area is 166 Å². The van der Waals surface area contributed by atoms with Crippen LogP contribution in [0.3, 0.4) is 0 Å². The van der Waals surface area contributed by atoms with E-state index in [0.717, 1.165) is 42.5 Å². The predicted octanol–water partition coefficient (Wildman–Crippen LogP) is 3.51. The minimum atomic E-state index is -3.65. The number of hydrogen-bond donors (Lipinski definition) is 1. The average Bonchev–Trinajstić information content (AvgIpc) is 3.14. The van der Waals surface area contributed by atoms with Crippen LogP contribution >= 0.6 is 0 Å². The lowest BCUT2D eigenvalue weighted by Crippen LogP contribution is -2.34. The van der Waals surface area contributed by atoms with Crippen LogP contribution in [0.1, 0.15) is 55.0 Å². The second-order valence-corrected chi connectivity index (χ2v) is 9.50. The number of benzene rings is 2. The molecule has 1 amide bonds. The van der Waals surface area contributed by atoms with Crippen LogP contribution < -0.4 is 9.62 Å². The Morgan fingerprint density at radius 3 is 2.54 bits per heavy atom. The Morgan fingerprint density at radius 1 is 1.00 bits per heavy atom. The summed E-state index contributed by atoms with van der Waals surface area (Å²) in [6.45, 7) is 4.10. The van der Waals surface area contributed by atoms with Crippen molar-refractivity contribution in [1.82, 2.24) is 4.72 Å². The third-order valence-corrected chi connectivity index (χ3v) is 7.35. The molecule has 2 aromatic rings. The number of rotatable bonds is 4. The van der Waals surface area contributed by atoms with E-state index >= 15 is 0 Å². The predicted molar refractivity (Wildman–Crippen MR) is 110 cm³/mol. The maximum Gasteiger partial charge on any atom is 0.241 e. The Hall–Kier alpha value is -2.18. The molecule has 0 unspecified atom stereocenters. The summed E-state index contributed by atoms with van der Waals surface area (Å²) < 4.78 is 28.7. The fraction of sp³-hybridized carbons (Fsp3) is 0.409. The van der Waals surface area contributed by atoms with Gasteiger partial charge in [0.1, 0.15) is 0 Å². The van der Waals surface area contributed by atoms with Gasteiger partial charge in [-0.15, -0.1) is 0 Å². The third kappa shape index (κ3) is 3.59. The van der Waals surface area contributed by atoms with Gasteiger partial charge < -0.3 is 4.90 Å². The molecule has 4 rings (SSSR count). The molecule has 1 aliphatic heterocycles. The topological polar surface area (TPSA) is 66.5 Å². The maximum absolute atomic E-state index is 13.0. The molecule has 0 aromatic heterocycles. The molecule has 1 heterocycles. The van der Waals surface area contributed by atoms with Crippen molar-refractivity contribution in [3.05, 3.63) is 58.7 Å². The highest BCUT2D eigenvalue weighted by Gasteiger charge is 2.24. The minimum Gasteiger partial charge on any atom is -0.312 e. The minimum absolute atomic E-state index is 0.0140. The van der Waals surface area contributed by atoms with E-state index < -0.39 is 10.0 Å². The average molecular weight is 399 g/mol. The number of carbonyl (C=O) groups excluding carboxylic acids is 1. The summed E-state index contributed by atoms with van der Waals surface area (Å²) >= 11 is 0. The molecule has 1 atom stereocenters. The molecular formula is C22H26N2O3S. The Kier molecular flexibility index (Phi) is 5.02. The van der Waals surface area contributed by atoms with Gasteiger partial charge >= 0.3 is 0 Å². The Bertz CT molecular complexity index is 1030. The van der Waals surface area contributed by atoms with Crippen molar-refractivity contribution in [3.63, 3.8) is 0 Å². The van der Waals surface area contributed by atoms with E-state index in [9.17, 15) is 13.2 Å². The molecule has 0 spiro atoms. The van der Waals surface area contributed by atoms with Crippen molar-refractivity contribution in [1.29, 1.82) is 0 Å². The second-order valence-electron chi connectivity index (χ2n) is 7.79. The van der Waals surface area contributed by atoms with Crippen LogP contribution in [0.5, 0.6) is 0 Å². The first-order chi connectivity index (χ1) is 13.3. The van der Waals surface area contributed by atoms with Gasteiger partial charge in [0.15, 0.2) is 0 Å². The van der Waals surface area contributed by atoms with E-state index in [0.29, 0.717) is 6.54 Å². The van der Waals surface area contributed by atoms with E-state index in [-0.39, 0.29) is 16.8 Å². The van der Waals surface area contributed by atoms with Crippen molar-refractivity contribution < 1.29 is 13.2 Å². The van der Waals surface area contributed by atoms with Gasteiger partial charge in [-0.3, -0.25) is 4.79 Å². The molecule has 2 aromatic carbocycles. The zero-order valence-corrected chi connectivity index (χ0v) is 17.2. The van der Waals surface area contributed by atoms with Crippen molar-refractivity contribution in [2.24, 2.45) is 0 Å². The molecule has 5 nitrogen and oxygen atoms in total. The number of anilines is 1. The van der Waals surface area contributed by atoms with Crippen LogP contribution in [0.2, 0.25) is 0 Å². The quantitative estimate of drug-likeness (QED) is 0.857. The number of hydrogen-bond acceptors (Lipinski definition) is 3. The number of aryl methyl sites for hydroxylation is 3. The van der Waals surface area contributed by atoms with Crippen molar-refractivity contribution in [3.8, 4) is 0 Å². The van der Waals surface area contributed by atoms with E-state index in [1.54, 1.807) is 30.0 Å². The summed E-state index contributed by atoms with van der Waals surface area (Å²) in [5.41, 5.74) is 5.44. The molecular weight excluding hydrogens is 372 g/mol. The van der Waals surface area contributed by atoms with Gasteiger partial charge in [-0.25, -0.2) is 13.1 Å². The number of nitrogens with zero attached hydrogens (tertiary/aromatic N) is 1. The first-order valence-corrected chi connectivity index (χ1v) is 11.4. The highest BCUT2D eigenvalue weighted by molar-refractivity contribution is 7.89. The molecule has 1 N–H and O–H groups in total. The number of nitrogens with one attached hydrogen (secondary N) is 1. The number of sulfonamides is 1. The Morgan fingerprint density at radius 2 is 1.75 bits per heavy atom. The summed E-state index contributed by atoms with van der Waals surface area (Å²) in [4.78, 5) is 13.8. The van der Waals surface area contributed by atoms with Crippen LogP contribution in [0.15, 0.2) is 41.3 Å². The fourth-order valence-electron chi connectivity index (χ4n) is 4.30. The second kappa shape index (κ2) is 7.33. The van der Waals surface area contributed by atoms with E-state index in [1.165, 1.54) is 17.5 Å². The van der Waals surface area contributed by atoms with Crippen LogP contribution in [-0.4, -0.2) is 20.9 Å². The molecule has 0 saturated carbocycles.